The van der Waals surface area contributed by atoms with E-state index in [1.54, 1.807) is 16.7 Å². The number of fused-ring (bicyclic) bond motifs is 1. The standard InChI is InChI=1S/C20H18N6O3/c1-12-6-7-14(19-24-18(29-25-19)11-21-13(2)27)9-15(12)23-20(28)16-10-22-17-5-3-4-8-26(16)17/h3-10H,11H2,1-2H3,(H,21,27)(H,23,28). The van der Waals surface area contributed by atoms with Crippen LogP contribution in [0.5, 0.6) is 0 Å². The molecule has 9 nitrogen and oxygen atoms in total. The highest BCUT2D eigenvalue weighted by molar-refractivity contribution is 6.04. The third-order valence-corrected chi connectivity index (χ3v) is 4.35. The molecule has 4 aromatic rings. The zero-order valence-electron chi connectivity index (χ0n) is 15.8. The second-order valence-electron chi connectivity index (χ2n) is 6.48. The van der Waals surface area contributed by atoms with E-state index in [0.29, 0.717) is 34.3 Å². The number of rotatable bonds is 5. The van der Waals surface area contributed by atoms with Crippen molar-refractivity contribution in [3.63, 3.8) is 0 Å². The third kappa shape index (κ3) is 3.84. The van der Waals surface area contributed by atoms with Crippen LogP contribution in [0.3, 0.4) is 0 Å². The van der Waals surface area contributed by atoms with Crippen molar-refractivity contribution in [2.24, 2.45) is 0 Å². The summed E-state index contributed by atoms with van der Waals surface area (Å²) in [6.07, 6.45) is 3.33. The number of anilines is 1. The van der Waals surface area contributed by atoms with Gasteiger partial charge in [-0.25, -0.2) is 4.98 Å². The van der Waals surface area contributed by atoms with Crippen LogP contribution >= 0.6 is 0 Å². The summed E-state index contributed by atoms with van der Waals surface area (Å²) in [5.74, 6) is 0.212. The van der Waals surface area contributed by atoms with Crippen LogP contribution in [0, 0.1) is 6.92 Å². The molecule has 1 aromatic carbocycles. The number of nitrogens with zero attached hydrogens (tertiary/aromatic N) is 4. The number of pyridine rings is 1. The fourth-order valence-electron chi connectivity index (χ4n) is 2.83. The van der Waals surface area contributed by atoms with Gasteiger partial charge in [0.25, 0.3) is 5.91 Å². The predicted molar refractivity (Wildman–Crippen MR) is 105 cm³/mol. The Kier molecular flexibility index (Phi) is 4.78. The maximum atomic E-state index is 12.8. The van der Waals surface area contributed by atoms with Crippen LogP contribution in [0.4, 0.5) is 5.69 Å². The number of aryl methyl sites for hydroxylation is 1. The molecule has 0 bridgehead atoms. The Balaban J connectivity index is 1.57. The van der Waals surface area contributed by atoms with Crippen molar-refractivity contribution in [3.05, 3.63) is 65.9 Å². The SMILES string of the molecule is CC(=O)NCc1nc(-c2ccc(C)c(NC(=O)c3cnc4ccccn34)c2)no1. The molecule has 0 saturated heterocycles. The van der Waals surface area contributed by atoms with Crippen LogP contribution in [0.25, 0.3) is 17.0 Å². The molecule has 3 aromatic heterocycles. The molecule has 29 heavy (non-hydrogen) atoms. The fourth-order valence-corrected chi connectivity index (χ4v) is 2.83. The summed E-state index contributed by atoms with van der Waals surface area (Å²) in [5.41, 5.74) is 3.33. The second kappa shape index (κ2) is 7.55. The van der Waals surface area contributed by atoms with Gasteiger partial charge < -0.3 is 15.2 Å². The lowest BCUT2D eigenvalue weighted by molar-refractivity contribution is -0.119. The van der Waals surface area contributed by atoms with Crippen LogP contribution in [-0.2, 0) is 11.3 Å². The summed E-state index contributed by atoms with van der Waals surface area (Å²) in [5, 5.41) is 9.46. The summed E-state index contributed by atoms with van der Waals surface area (Å²) < 4.78 is 6.88. The van der Waals surface area contributed by atoms with Gasteiger partial charge in [-0.2, -0.15) is 4.98 Å². The predicted octanol–water partition coefficient (Wildman–Crippen LogP) is 2.58. The first-order chi connectivity index (χ1) is 14.0. The van der Waals surface area contributed by atoms with E-state index in [2.05, 4.69) is 25.8 Å². The Hall–Kier alpha value is -4.01. The van der Waals surface area contributed by atoms with Crippen molar-refractivity contribution in [2.75, 3.05) is 5.32 Å². The molecule has 0 radical (unpaired) electrons. The normalized spacial score (nSPS) is 10.8. The molecule has 2 amide bonds. The van der Waals surface area contributed by atoms with Gasteiger partial charge in [-0.3, -0.25) is 14.0 Å². The minimum absolute atomic E-state index is 0.159. The van der Waals surface area contributed by atoms with Crippen LogP contribution in [0.1, 0.15) is 28.9 Å². The molecule has 0 atom stereocenters. The molecule has 0 spiro atoms. The number of amides is 2. The molecule has 0 aliphatic carbocycles. The first kappa shape index (κ1) is 18.4. The number of carbonyl (C=O) groups excluding carboxylic acids is 2. The van der Waals surface area contributed by atoms with Gasteiger partial charge in [0, 0.05) is 24.4 Å². The third-order valence-electron chi connectivity index (χ3n) is 4.35. The molecule has 146 valence electrons. The molecule has 0 unspecified atom stereocenters. The van der Waals surface area contributed by atoms with Gasteiger partial charge in [0.15, 0.2) is 0 Å². The summed E-state index contributed by atoms with van der Waals surface area (Å²) in [7, 11) is 0. The minimum atomic E-state index is -0.275. The van der Waals surface area contributed by atoms with Crippen molar-refractivity contribution in [1.82, 2.24) is 24.8 Å². The van der Waals surface area contributed by atoms with Gasteiger partial charge in [-0.1, -0.05) is 23.4 Å². The van der Waals surface area contributed by atoms with E-state index < -0.39 is 0 Å². The molecular formula is C20H18N6O3. The number of benzene rings is 1. The first-order valence-corrected chi connectivity index (χ1v) is 8.93. The molecule has 9 heteroatoms. The first-order valence-electron chi connectivity index (χ1n) is 8.93. The van der Waals surface area contributed by atoms with Crippen molar-refractivity contribution in [2.45, 2.75) is 20.4 Å². The summed E-state index contributed by atoms with van der Waals surface area (Å²) >= 11 is 0. The number of hydrogen-bond acceptors (Lipinski definition) is 6. The average molecular weight is 390 g/mol. The monoisotopic (exact) mass is 390 g/mol. The highest BCUT2D eigenvalue weighted by atomic mass is 16.5. The quantitative estimate of drug-likeness (QED) is 0.541. The van der Waals surface area contributed by atoms with E-state index in [-0.39, 0.29) is 18.4 Å². The Bertz CT molecular complexity index is 1210. The van der Waals surface area contributed by atoms with Gasteiger partial charge in [0.1, 0.15) is 11.3 Å². The van der Waals surface area contributed by atoms with Crippen molar-refractivity contribution >= 4 is 23.1 Å². The molecule has 4 rings (SSSR count). The second-order valence-corrected chi connectivity index (χ2v) is 6.48. The topological polar surface area (TPSA) is 114 Å². The molecule has 3 heterocycles. The van der Waals surface area contributed by atoms with E-state index in [0.717, 1.165) is 5.56 Å². The maximum Gasteiger partial charge on any atom is 0.274 e. The molecule has 0 fully saturated rings. The van der Waals surface area contributed by atoms with Gasteiger partial charge >= 0.3 is 0 Å². The van der Waals surface area contributed by atoms with E-state index in [4.69, 9.17) is 4.52 Å². The molecule has 0 aliphatic heterocycles. The Morgan fingerprint density at radius 2 is 2.07 bits per heavy atom. The molecular weight excluding hydrogens is 372 g/mol. The van der Waals surface area contributed by atoms with Crippen LogP contribution < -0.4 is 10.6 Å². The van der Waals surface area contributed by atoms with E-state index in [9.17, 15) is 9.59 Å². The Morgan fingerprint density at radius 1 is 1.21 bits per heavy atom. The molecule has 2 N–H and O–H groups in total. The van der Waals surface area contributed by atoms with Crippen LogP contribution in [0.15, 0.2) is 53.3 Å². The van der Waals surface area contributed by atoms with Crippen LogP contribution in [0.2, 0.25) is 0 Å². The highest BCUT2D eigenvalue weighted by Gasteiger charge is 2.15. The van der Waals surface area contributed by atoms with Crippen LogP contribution in [-0.4, -0.2) is 31.3 Å². The molecule has 0 saturated carbocycles. The molecule has 0 aliphatic rings. The van der Waals surface area contributed by atoms with E-state index in [1.165, 1.54) is 13.1 Å². The van der Waals surface area contributed by atoms with Gasteiger partial charge in [-0.05, 0) is 30.7 Å². The smallest absolute Gasteiger partial charge is 0.274 e. The Labute approximate surface area is 165 Å². The maximum absolute atomic E-state index is 12.8. The van der Waals surface area contributed by atoms with Gasteiger partial charge in [0.2, 0.25) is 17.6 Å². The number of nitrogens with one attached hydrogen (secondary N) is 2. The number of aromatic nitrogens is 4. The van der Waals surface area contributed by atoms with Crippen molar-refractivity contribution in [3.8, 4) is 11.4 Å². The lowest BCUT2D eigenvalue weighted by Gasteiger charge is -2.09. The fraction of sp³-hybridized carbons (Fsp3) is 0.150. The summed E-state index contributed by atoms with van der Waals surface area (Å²) in [6, 6.07) is 11.0. The minimum Gasteiger partial charge on any atom is -0.347 e. The van der Waals surface area contributed by atoms with Crippen molar-refractivity contribution in [1.29, 1.82) is 0 Å². The van der Waals surface area contributed by atoms with Gasteiger partial charge in [-0.15, -0.1) is 0 Å². The number of imidazole rings is 1. The summed E-state index contributed by atoms with van der Waals surface area (Å²) in [6.45, 7) is 3.47. The lowest BCUT2D eigenvalue weighted by atomic mass is 10.1. The number of carbonyl (C=O) groups is 2. The lowest BCUT2D eigenvalue weighted by Crippen LogP contribution is -2.19. The van der Waals surface area contributed by atoms with Crippen molar-refractivity contribution < 1.29 is 14.1 Å². The number of hydrogen-bond donors (Lipinski definition) is 2. The van der Waals surface area contributed by atoms with Gasteiger partial charge in [0.05, 0.1) is 12.7 Å². The zero-order valence-corrected chi connectivity index (χ0v) is 15.8. The largest absolute Gasteiger partial charge is 0.347 e. The zero-order chi connectivity index (χ0) is 20.4. The summed E-state index contributed by atoms with van der Waals surface area (Å²) in [4.78, 5) is 32.3. The highest BCUT2D eigenvalue weighted by Crippen LogP contribution is 2.24. The Morgan fingerprint density at radius 3 is 2.90 bits per heavy atom. The average Bonchev–Trinajstić information content (AvgIpc) is 3.35. The van der Waals surface area contributed by atoms with E-state index in [1.807, 2.05) is 37.3 Å². The van der Waals surface area contributed by atoms with E-state index >= 15 is 0 Å².